The van der Waals surface area contributed by atoms with Crippen LogP contribution in [0.2, 0.25) is 5.15 Å². The number of halogens is 1. The molecule has 0 radical (unpaired) electrons. The first-order valence-electron chi connectivity index (χ1n) is 3.98. The van der Waals surface area contributed by atoms with Crippen LogP contribution in [0.5, 0.6) is 0 Å². The number of aromatic nitrogens is 1. The molecule has 1 heterocycles. The maximum atomic E-state index is 11.0. The lowest BCUT2D eigenvalue weighted by Crippen LogP contribution is -2.07. The van der Waals surface area contributed by atoms with Crippen molar-refractivity contribution in [2.24, 2.45) is 0 Å². The number of pyridine rings is 1. The second-order valence-corrected chi connectivity index (χ2v) is 2.86. The third kappa shape index (κ3) is 3.42. The van der Waals surface area contributed by atoms with Crippen molar-refractivity contribution >= 4 is 17.6 Å². The van der Waals surface area contributed by atoms with Crippen molar-refractivity contribution in [3.63, 3.8) is 0 Å². The van der Waals surface area contributed by atoms with Crippen molar-refractivity contribution < 1.29 is 9.53 Å². The maximum Gasteiger partial charge on any atom is 0.310 e. The molecule has 0 spiro atoms. The molecular formula is C9H10ClNO2. The van der Waals surface area contributed by atoms with Crippen LogP contribution in [0.25, 0.3) is 0 Å². The fourth-order valence-electron chi connectivity index (χ4n) is 0.931. The van der Waals surface area contributed by atoms with E-state index in [0.717, 1.165) is 5.56 Å². The zero-order chi connectivity index (χ0) is 9.68. The summed E-state index contributed by atoms with van der Waals surface area (Å²) in [6.07, 6.45) is 1.81. The van der Waals surface area contributed by atoms with Gasteiger partial charge in [0.25, 0.3) is 0 Å². The summed E-state index contributed by atoms with van der Waals surface area (Å²) in [7, 11) is 0. The van der Waals surface area contributed by atoms with Gasteiger partial charge in [0, 0.05) is 6.20 Å². The number of esters is 1. The summed E-state index contributed by atoms with van der Waals surface area (Å²) in [5.41, 5.74) is 0.818. The van der Waals surface area contributed by atoms with E-state index >= 15 is 0 Å². The zero-order valence-electron chi connectivity index (χ0n) is 7.29. The molecule has 0 atom stereocenters. The highest BCUT2D eigenvalue weighted by atomic mass is 35.5. The molecule has 13 heavy (non-hydrogen) atoms. The number of nitrogens with zero attached hydrogens (tertiary/aromatic N) is 1. The molecule has 0 amide bonds. The van der Waals surface area contributed by atoms with Crippen molar-refractivity contribution in [2.75, 3.05) is 6.61 Å². The van der Waals surface area contributed by atoms with Gasteiger partial charge < -0.3 is 4.74 Å². The lowest BCUT2D eigenvalue weighted by Gasteiger charge is -2.01. The topological polar surface area (TPSA) is 39.2 Å². The molecule has 0 aliphatic heterocycles. The average molecular weight is 200 g/mol. The van der Waals surface area contributed by atoms with Crippen LogP contribution in [-0.4, -0.2) is 17.6 Å². The largest absolute Gasteiger partial charge is 0.466 e. The Morgan fingerprint density at radius 1 is 1.69 bits per heavy atom. The lowest BCUT2D eigenvalue weighted by atomic mass is 10.2. The standard InChI is InChI=1S/C9H10ClNO2/c1-2-13-9(12)6-7-3-4-11-8(10)5-7/h3-5H,2,6H2,1H3. The quantitative estimate of drug-likeness (QED) is 0.551. The number of hydrogen-bond donors (Lipinski definition) is 0. The molecule has 0 saturated carbocycles. The maximum absolute atomic E-state index is 11.0. The smallest absolute Gasteiger partial charge is 0.310 e. The Morgan fingerprint density at radius 2 is 2.46 bits per heavy atom. The minimum absolute atomic E-state index is 0.246. The van der Waals surface area contributed by atoms with Crippen LogP contribution >= 0.6 is 11.6 Å². The number of carbonyl (C=O) groups excluding carboxylic acids is 1. The van der Waals surface area contributed by atoms with Crippen molar-refractivity contribution in [1.82, 2.24) is 4.98 Å². The van der Waals surface area contributed by atoms with Gasteiger partial charge in [-0.15, -0.1) is 0 Å². The molecule has 0 aliphatic carbocycles. The SMILES string of the molecule is CCOC(=O)Cc1ccnc(Cl)c1. The molecule has 0 unspecified atom stereocenters. The first-order chi connectivity index (χ1) is 6.22. The third-order valence-electron chi connectivity index (χ3n) is 1.44. The van der Waals surface area contributed by atoms with Crippen LogP contribution in [0.1, 0.15) is 12.5 Å². The molecule has 0 bridgehead atoms. The highest BCUT2D eigenvalue weighted by molar-refractivity contribution is 6.29. The monoisotopic (exact) mass is 199 g/mol. The zero-order valence-corrected chi connectivity index (χ0v) is 8.04. The van der Waals surface area contributed by atoms with Crippen LogP contribution in [0.4, 0.5) is 0 Å². The third-order valence-corrected chi connectivity index (χ3v) is 1.65. The van der Waals surface area contributed by atoms with E-state index in [-0.39, 0.29) is 12.4 Å². The number of rotatable bonds is 3. The molecule has 1 aromatic rings. The van der Waals surface area contributed by atoms with Crippen LogP contribution in [0.15, 0.2) is 18.3 Å². The van der Waals surface area contributed by atoms with E-state index in [2.05, 4.69) is 4.98 Å². The predicted octanol–water partition coefficient (Wildman–Crippen LogP) is 1.84. The van der Waals surface area contributed by atoms with Crippen LogP contribution in [0, 0.1) is 0 Å². The van der Waals surface area contributed by atoms with E-state index in [1.807, 2.05) is 0 Å². The second-order valence-electron chi connectivity index (χ2n) is 2.47. The summed E-state index contributed by atoms with van der Waals surface area (Å²) in [5, 5.41) is 0.391. The molecule has 1 aromatic heterocycles. The fraction of sp³-hybridized carbons (Fsp3) is 0.333. The summed E-state index contributed by atoms with van der Waals surface area (Å²) in [5.74, 6) is -0.246. The minimum Gasteiger partial charge on any atom is -0.466 e. The van der Waals surface area contributed by atoms with E-state index in [9.17, 15) is 4.79 Å². The van der Waals surface area contributed by atoms with Gasteiger partial charge in [0.2, 0.25) is 0 Å². The summed E-state index contributed by atoms with van der Waals surface area (Å²) >= 11 is 5.64. The molecule has 0 aliphatic rings. The van der Waals surface area contributed by atoms with E-state index in [0.29, 0.717) is 11.8 Å². The second kappa shape index (κ2) is 4.82. The lowest BCUT2D eigenvalue weighted by molar-refractivity contribution is -0.142. The van der Waals surface area contributed by atoms with Gasteiger partial charge in [0.1, 0.15) is 5.15 Å². The number of ether oxygens (including phenoxy) is 1. The molecule has 0 saturated heterocycles. The van der Waals surface area contributed by atoms with E-state index < -0.39 is 0 Å². The van der Waals surface area contributed by atoms with Crippen LogP contribution in [-0.2, 0) is 16.0 Å². The van der Waals surface area contributed by atoms with E-state index in [1.54, 1.807) is 25.3 Å². The molecule has 70 valence electrons. The highest BCUT2D eigenvalue weighted by Crippen LogP contribution is 2.07. The highest BCUT2D eigenvalue weighted by Gasteiger charge is 2.03. The molecule has 0 N–H and O–H groups in total. The normalized spacial score (nSPS) is 9.69. The van der Waals surface area contributed by atoms with Gasteiger partial charge in [-0.3, -0.25) is 4.79 Å². The molecular weight excluding hydrogens is 190 g/mol. The first kappa shape index (κ1) is 9.99. The summed E-state index contributed by atoms with van der Waals surface area (Å²) in [6.45, 7) is 2.18. The Hall–Kier alpha value is -1.09. The molecule has 0 fully saturated rings. The van der Waals surface area contributed by atoms with Gasteiger partial charge in [-0.1, -0.05) is 11.6 Å². The fourth-order valence-corrected chi connectivity index (χ4v) is 1.13. The Labute approximate surface area is 81.7 Å². The van der Waals surface area contributed by atoms with Crippen LogP contribution in [0.3, 0.4) is 0 Å². The van der Waals surface area contributed by atoms with Gasteiger partial charge >= 0.3 is 5.97 Å². The van der Waals surface area contributed by atoms with Gasteiger partial charge in [-0.05, 0) is 24.6 Å². The van der Waals surface area contributed by atoms with Crippen LogP contribution < -0.4 is 0 Å². The Kier molecular flexibility index (Phi) is 3.71. The molecule has 3 nitrogen and oxygen atoms in total. The molecule has 4 heteroatoms. The molecule has 0 aromatic carbocycles. The Morgan fingerprint density at radius 3 is 3.08 bits per heavy atom. The van der Waals surface area contributed by atoms with Crippen molar-refractivity contribution in [2.45, 2.75) is 13.3 Å². The summed E-state index contributed by atoms with van der Waals surface area (Å²) < 4.78 is 4.78. The number of carbonyl (C=O) groups is 1. The van der Waals surface area contributed by atoms with Gasteiger partial charge in [0.05, 0.1) is 13.0 Å². The number of hydrogen-bond acceptors (Lipinski definition) is 3. The minimum atomic E-state index is -0.246. The summed E-state index contributed by atoms with van der Waals surface area (Å²) in [4.78, 5) is 14.8. The van der Waals surface area contributed by atoms with E-state index in [4.69, 9.17) is 16.3 Å². The van der Waals surface area contributed by atoms with Gasteiger partial charge in [-0.25, -0.2) is 4.98 Å². The average Bonchev–Trinajstić information content (AvgIpc) is 2.04. The molecule has 1 rings (SSSR count). The summed E-state index contributed by atoms with van der Waals surface area (Å²) in [6, 6.07) is 3.39. The van der Waals surface area contributed by atoms with Crippen molar-refractivity contribution in [3.8, 4) is 0 Å². The van der Waals surface area contributed by atoms with Gasteiger partial charge in [0.15, 0.2) is 0 Å². The van der Waals surface area contributed by atoms with E-state index in [1.165, 1.54) is 0 Å². The first-order valence-corrected chi connectivity index (χ1v) is 4.36. The van der Waals surface area contributed by atoms with Crippen molar-refractivity contribution in [3.05, 3.63) is 29.0 Å². The predicted molar refractivity (Wildman–Crippen MR) is 49.6 cm³/mol. The Bertz CT molecular complexity index is 301. The Balaban J connectivity index is 2.58. The van der Waals surface area contributed by atoms with Gasteiger partial charge in [-0.2, -0.15) is 0 Å². The van der Waals surface area contributed by atoms with Crippen molar-refractivity contribution in [1.29, 1.82) is 0 Å².